The van der Waals surface area contributed by atoms with Crippen molar-refractivity contribution in [3.63, 3.8) is 0 Å². The number of benzene rings is 1. The van der Waals surface area contributed by atoms with Crippen molar-refractivity contribution in [2.45, 2.75) is 155 Å². The van der Waals surface area contributed by atoms with Gasteiger partial charge in [-0.05, 0) is 37.2 Å². The van der Waals surface area contributed by atoms with E-state index in [1.54, 1.807) is 0 Å². The topological polar surface area (TPSA) is 90.9 Å². The van der Waals surface area contributed by atoms with Crippen LogP contribution < -0.4 is 5.32 Å². The third-order valence-corrected chi connectivity index (χ3v) is 8.04. The molecule has 7 heteroatoms. The molecular weight excluding hydrogens is 530 g/mol. The van der Waals surface area contributed by atoms with Gasteiger partial charge in [-0.3, -0.25) is 4.79 Å². The van der Waals surface area contributed by atoms with E-state index in [1.807, 2.05) is 44.2 Å². The summed E-state index contributed by atoms with van der Waals surface area (Å²) in [5.41, 5.74) is 0.875. The molecule has 0 radical (unpaired) electrons. The normalized spacial score (nSPS) is 17.7. The van der Waals surface area contributed by atoms with E-state index in [-0.39, 0.29) is 36.6 Å². The molecule has 1 saturated heterocycles. The van der Waals surface area contributed by atoms with Crippen LogP contribution in [0.15, 0.2) is 30.3 Å². The lowest BCUT2D eigenvalue weighted by Crippen LogP contribution is -2.48. The SMILES string of the molecule is CCCCCCCCCC[C@@H](C[C@@H]1OC(=O)[C@H]1CCCCCC)OC(=O)[C@H](CC(C)C)NC(=O)OCc1ccccc1. The molecule has 4 atom stereocenters. The van der Waals surface area contributed by atoms with E-state index in [1.165, 1.54) is 44.9 Å². The molecule has 238 valence electrons. The highest BCUT2D eigenvalue weighted by molar-refractivity contribution is 5.81. The molecule has 2 rings (SSSR count). The van der Waals surface area contributed by atoms with Crippen molar-refractivity contribution in [1.29, 1.82) is 0 Å². The van der Waals surface area contributed by atoms with Crippen molar-refractivity contribution in [2.24, 2.45) is 11.8 Å². The first-order chi connectivity index (χ1) is 20.3. The Hall–Kier alpha value is -2.57. The van der Waals surface area contributed by atoms with Gasteiger partial charge >= 0.3 is 18.0 Å². The fourth-order valence-electron chi connectivity index (χ4n) is 5.53. The van der Waals surface area contributed by atoms with Gasteiger partial charge in [-0.15, -0.1) is 0 Å². The highest BCUT2D eigenvalue weighted by Gasteiger charge is 2.43. The number of unbranched alkanes of at least 4 members (excludes halogenated alkanes) is 10. The Bertz CT molecular complexity index is 889. The van der Waals surface area contributed by atoms with Gasteiger partial charge in [-0.1, -0.05) is 129 Å². The first-order valence-electron chi connectivity index (χ1n) is 16.7. The molecule has 0 bridgehead atoms. The number of carbonyl (C=O) groups is 3. The Balaban J connectivity index is 1.95. The summed E-state index contributed by atoms with van der Waals surface area (Å²) < 4.78 is 17.0. The summed E-state index contributed by atoms with van der Waals surface area (Å²) in [6.07, 6.45) is 15.3. The zero-order chi connectivity index (χ0) is 30.6. The molecule has 0 aromatic heterocycles. The van der Waals surface area contributed by atoms with Crippen LogP contribution in [-0.2, 0) is 30.4 Å². The van der Waals surface area contributed by atoms with Crippen LogP contribution in [-0.4, -0.2) is 36.3 Å². The third kappa shape index (κ3) is 14.6. The van der Waals surface area contributed by atoms with Crippen LogP contribution in [0.1, 0.15) is 136 Å². The van der Waals surface area contributed by atoms with Gasteiger partial charge in [0, 0.05) is 6.42 Å². The Morgan fingerprint density at radius 3 is 2.12 bits per heavy atom. The van der Waals surface area contributed by atoms with Gasteiger partial charge in [0.15, 0.2) is 0 Å². The molecule has 1 aromatic carbocycles. The van der Waals surface area contributed by atoms with Gasteiger partial charge in [0.1, 0.15) is 24.9 Å². The fraction of sp³-hybridized carbons (Fsp3) is 0.743. The zero-order valence-corrected chi connectivity index (χ0v) is 26.7. The highest BCUT2D eigenvalue weighted by Crippen LogP contribution is 2.33. The largest absolute Gasteiger partial charge is 0.461 e. The molecule has 0 aliphatic carbocycles. The molecule has 1 N–H and O–H groups in total. The maximum absolute atomic E-state index is 13.4. The predicted octanol–water partition coefficient (Wildman–Crippen LogP) is 8.67. The molecule has 1 aromatic rings. The lowest BCUT2D eigenvalue weighted by molar-refractivity contribution is -0.190. The lowest BCUT2D eigenvalue weighted by Gasteiger charge is -2.37. The minimum absolute atomic E-state index is 0.112. The van der Waals surface area contributed by atoms with Crippen molar-refractivity contribution in [2.75, 3.05) is 0 Å². The van der Waals surface area contributed by atoms with Gasteiger partial charge in [0.2, 0.25) is 0 Å². The van der Waals surface area contributed by atoms with E-state index in [2.05, 4.69) is 19.2 Å². The van der Waals surface area contributed by atoms with Crippen LogP contribution >= 0.6 is 0 Å². The van der Waals surface area contributed by atoms with Gasteiger partial charge in [0.05, 0.1) is 5.92 Å². The molecule has 7 nitrogen and oxygen atoms in total. The third-order valence-electron chi connectivity index (χ3n) is 8.04. The minimum atomic E-state index is -0.803. The van der Waals surface area contributed by atoms with Gasteiger partial charge in [-0.25, -0.2) is 9.59 Å². The second-order valence-electron chi connectivity index (χ2n) is 12.4. The summed E-state index contributed by atoms with van der Waals surface area (Å²) in [5, 5.41) is 2.74. The van der Waals surface area contributed by atoms with Crippen LogP contribution in [0, 0.1) is 11.8 Å². The van der Waals surface area contributed by atoms with E-state index in [0.29, 0.717) is 12.8 Å². The van der Waals surface area contributed by atoms with E-state index >= 15 is 0 Å². The number of hydrogen-bond donors (Lipinski definition) is 1. The van der Waals surface area contributed by atoms with Crippen LogP contribution in [0.3, 0.4) is 0 Å². The smallest absolute Gasteiger partial charge is 0.408 e. The summed E-state index contributed by atoms with van der Waals surface area (Å²) >= 11 is 0. The number of amides is 1. The van der Waals surface area contributed by atoms with Gasteiger partial charge in [-0.2, -0.15) is 0 Å². The quantitative estimate of drug-likeness (QED) is 0.0782. The van der Waals surface area contributed by atoms with E-state index in [0.717, 1.165) is 50.5 Å². The number of esters is 2. The minimum Gasteiger partial charge on any atom is -0.461 e. The first-order valence-corrected chi connectivity index (χ1v) is 16.7. The second-order valence-corrected chi connectivity index (χ2v) is 12.4. The monoisotopic (exact) mass is 587 g/mol. The molecule has 1 aliphatic rings. The van der Waals surface area contributed by atoms with Crippen molar-refractivity contribution in [3.05, 3.63) is 35.9 Å². The first kappa shape index (κ1) is 35.6. The Morgan fingerprint density at radius 2 is 1.50 bits per heavy atom. The van der Waals surface area contributed by atoms with Gasteiger partial charge < -0.3 is 19.5 Å². The van der Waals surface area contributed by atoms with Crippen LogP contribution in [0.4, 0.5) is 4.79 Å². The summed E-state index contributed by atoms with van der Waals surface area (Å²) in [7, 11) is 0. The molecule has 1 amide bonds. The number of cyclic esters (lactones) is 1. The number of ether oxygens (including phenoxy) is 3. The molecule has 0 unspecified atom stereocenters. The maximum Gasteiger partial charge on any atom is 0.408 e. The van der Waals surface area contributed by atoms with Crippen molar-refractivity contribution in [1.82, 2.24) is 5.32 Å². The molecule has 42 heavy (non-hydrogen) atoms. The summed E-state index contributed by atoms with van der Waals surface area (Å²) in [6.45, 7) is 8.54. The van der Waals surface area contributed by atoms with E-state index < -0.39 is 18.1 Å². The Labute approximate surface area is 254 Å². The number of alkyl carbamates (subject to hydrolysis) is 1. The average Bonchev–Trinajstić information content (AvgIpc) is 2.96. The maximum atomic E-state index is 13.4. The average molecular weight is 588 g/mol. The Morgan fingerprint density at radius 1 is 0.881 bits per heavy atom. The van der Waals surface area contributed by atoms with E-state index in [9.17, 15) is 14.4 Å². The zero-order valence-electron chi connectivity index (χ0n) is 26.7. The molecule has 1 heterocycles. The number of hydrogen-bond acceptors (Lipinski definition) is 6. The number of nitrogens with one attached hydrogen (secondary N) is 1. The predicted molar refractivity (Wildman–Crippen MR) is 167 cm³/mol. The van der Waals surface area contributed by atoms with Gasteiger partial charge in [0.25, 0.3) is 0 Å². The summed E-state index contributed by atoms with van der Waals surface area (Å²) in [5.74, 6) is -0.522. The van der Waals surface area contributed by atoms with Crippen molar-refractivity contribution < 1.29 is 28.6 Å². The molecule has 1 fully saturated rings. The fourth-order valence-corrected chi connectivity index (χ4v) is 5.53. The standard InChI is InChI=1S/C35H57NO6/c1-5-7-9-11-12-13-14-18-22-29(25-32-30(33(37)42-32)23-19-10-8-6-2)41-34(38)31(24-27(3)4)36-35(39)40-26-28-20-16-15-17-21-28/h15-17,20-21,27,29-32H,5-14,18-19,22-26H2,1-4H3,(H,36,39)/t29-,30-,31-,32-/m0/s1. The number of carbonyl (C=O) groups excluding carboxylic acids is 3. The molecule has 1 aliphatic heterocycles. The van der Waals surface area contributed by atoms with Crippen LogP contribution in [0.2, 0.25) is 0 Å². The number of rotatable bonds is 23. The lowest BCUT2D eigenvalue weighted by atomic mass is 9.86. The van der Waals surface area contributed by atoms with Crippen molar-refractivity contribution in [3.8, 4) is 0 Å². The highest BCUT2D eigenvalue weighted by atomic mass is 16.6. The Kier molecular flexibility index (Phi) is 18.0. The van der Waals surface area contributed by atoms with Crippen LogP contribution in [0.5, 0.6) is 0 Å². The molecular formula is C35H57NO6. The van der Waals surface area contributed by atoms with Crippen LogP contribution in [0.25, 0.3) is 0 Å². The van der Waals surface area contributed by atoms with E-state index in [4.69, 9.17) is 14.2 Å². The summed E-state index contributed by atoms with van der Waals surface area (Å²) in [4.78, 5) is 38.2. The van der Waals surface area contributed by atoms with Crippen molar-refractivity contribution >= 4 is 18.0 Å². The summed E-state index contributed by atoms with van der Waals surface area (Å²) in [6, 6.07) is 8.64. The molecule has 0 spiro atoms. The second kappa shape index (κ2) is 21.2. The molecule has 0 saturated carbocycles.